The minimum Gasteiger partial charge on any atom is -0.493 e. The van der Waals surface area contributed by atoms with Gasteiger partial charge < -0.3 is 19.5 Å². The molecule has 4 rings (SSSR count). The van der Waals surface area contributed by atoms with E-state index in [1.54, 1.807) is 24.3 Å². The van der Waals surface area contributed by atoms with Crippen molar-refractivity contribution >= 4 is 33.2 Å². The number of nitrogens with one attached hydrogen (secondary N) is 1. The second-order valence-corrected chi connectivity index (χ2v) is 11.7. The lowest BCUT2D eigenvalue weighted by molar-refractivity contribution is -0.121. The van der Waals surface area contributed by atoms with Gasteiger partial charge in [0, 0.05) is 23.1 Å². The van der Waals surface area contributed by atoms with Crippen LogP contribution in [0.5, 0.6) is 17.2 Å². The summed E-state index contributed by atoms with van der Waals surface area (Å²) in [6.07, 6.45) is 2.12. The monoisotopic (exact) mass is 572 g/mol. The molecule has 208 valence electrons. The molecule has 10 heteroatoms. The molecule has 3 aromatic carbocycles. The molecule has 0 unspecified atom stereocenters. The molecule has 0 aromatic heterocycles. The summed E-state index contributed by atoms with van der Waals surface area (Å²) in [7, 11) is -1.29. The SMILES string of the molecule is CCC1(CC)C[C@H](NC(=O)CN(c2ccc(Cl)cc2)S(=O)(=O)c2ccc(OC)c(OC)c2)c2ccccc2O1. The predicted octanol–water partition coefficient (Wildman–Crippen LogP) is 5.75. The molecule has 1 amide bonds. The number of hydrogen-bond acceptors (Lipinski definition) is 6. The fourth-order valence-electron chi connectivity index (χ4n) is 4.83. The van der Waals surface area contributed by atoms with E-state index in [0.29, 0.717) is 22.9 Å². The first kappa shape index (κ1) is 28.6. The van der Waals surface area contributed by atoms with Crippen molar-refractivity contribution in [3.05, 3.63) is 77.3 Å². The van der Waals surface area contributed by atoms with Crippen molar-refractivity contribution in [2.75, 3.05) is 25.1 Å². The van der Waals surface area contributed by atoms with Crippen LogP contribution in [0.1, 0.15) is 44.7 Å². The average Bonchev–Trinajstić information content (AvgIpc) is 2.95. The minimum absolute atomic E-state index is 0.0460. The van der Waals surface area contributed by atoms with Gasteiger partial charge in [0.1, 0.15) is 17.9 Å². The number of nitrogens with zero attached hydrogens (tertiary/aromatic N) is 1. The highest BCUT2D eigenvalue weighted by Crippen LogP contribution is 2.42. The average molecular weight is 573 g/mol. The van der Waals surface area contributed by atoms with Crippen LogP contribution in [0.4, 0.5) is 5.69 Å². The molecule has 0 fully saturated rings. The van der Waals surface area contributed by atoms with Crippen LogP contribution in [0.15, 0.2) is 71.6 Å². The van der Waals surface area contributed by atoms with Crippen molar-refractivity contribution in [2.24, 2.45) is 0 Å². The number of sulfonamides is 1. The van der Waals surface area contributed by atoms with Crippen molar-refractivity contribution in [3.8, 4) is 17.2 Å². The number of anilines is 1. The molecule has 1 N–H and O–H groups in total. The summed E-state index contributed by atoms with van der Waals surface area (Å²) in [5.74, 6) is 0.927. The van der Waals surface area contributed by atoms with E-state index in [-0.39, 0.29) is 16.7 Å². The highest BCUT2D eigenvalue weighted by atomic mass is 35.5. The van der Waals surface area contributed by atoms with Crippen LogP contribution >= 0.6 is 11.6 Å². The van der Waals surface area contributed by atoms with Crippen LogP contribution in [-0.4, -0.2) is 40.7 Å². The zero-order chi connectivity index (χ0) is 28.2. The number of amides is 1. The van der Waals surface area contributed by atoms with E-state index in [1.807, 2.05) is 24.3 Å². The van der Waals surface area contributed by atoms with E-state index in [4.69, 9.17) is 25.8 Å². The zero-order valence-corrected chi connectivity index (χ0v) is 24.0. The molecule has 1 atom stereocenters. The molecule has 0 radical (unpaired) electrons. The van der Waals surface area contributed by atoms with Crippen molar-refractivity contribution < 1.29 is 27.4 Å². The lowest BCUT2D eigenvalue weighted by Gasteiger charge is -2.41. The summed E-state index contributed by atoms with van der Waals surface area (Å²) < 4.78 is 45.8. The standard InChI is InChI=1S/C29H33ClN2O6S/c1-5-29(6-2)18-24(23-9-7-8-10-25(23)38-29)31-28(33)19-32(21-13-11-20(30)12-14-21)39(34,35)22-15-16-26(36-3)27(17-22)37-4/h7-17,24H,5-6,18-19H2,1-4H3,(H,31,33)/t24-/m0/s1. The number of methoxy groups -OCH3 is 2. The smallest absolute Gasteiger partial charge is 0.264 e. The van der Waals surface area contributed by atoms with Gasteiger partial charge in [-0.2, -0.15) is 0 Å². The Kier molecular flexibility index (Phi) is 8.61. The lowest BCUT2D eigenvalue weighted by atomic mass is 9.83. The number of carbonyl (C=O) groups excluding carboxylic acids is 1. The van der Waals surface area contributed by atoms with Crippen LogP contribution in [0.25, 0.3) is 0 Å². The molecule has 39 heavy (non-hydrogen) atoms. The van der Waals surface area contributed by atoms with Gasteiger partial charge in [-0.05, 0) is 55.3 Å². The second kappa shape index (κ2) is 11.8. The van der Waals surface area contributed by atoms with Crippen molar-refractivity contribution in [3.63, 3.8) is 0 Å². The van der Waals surface area contributed by atoms with Crippen LogP contribution in [0, 0.1) is 0 Å². The van der Waals surface area contributed by atoms with Gasteiger partial charge in [-0.3, -0.25) is 9.10 Å². The quantitative estimate of drug-likeness (QED) is 0.332. The number of halogens is 1. The Morgan fingerprint density at radius 3 is 2.33 bits per heavy atom. The molecule has 0 saturated heterocycles. The molecule has 1 aliphatic heterocycles. The Hall–Kier alpha value is -3.43. The van der Waals surface area contributed by atoms with Crippen molar-refractivity contribution in [1.82, 2.24) is 5.32 Å². The van der Waals surface area contributed by atoms with Gasteiger partial charge >= 0.3 is 0 Å². The first-order valence-electron chi connectivity index (χ1n) is 12.7. The number of ether oxygens (including phenoxy) is 3. The Bertz CT molecular complexity index is 1420. The highest BCUT2D eigenvalue weighted by molar-refractivity contribution is 7.92. The minimum atomic E-state index is -4.18. The summed E-state index contributed by atoms with van der Waals surface area (Å²) in [5, 5.41) is 3.52. The van der Waals surface area contributed by atoms with Gasteiger partial charge in [0.05, 0.1) is 30.8 Å². The molecule has 0 spiro atoms. The number of para-hydroxylation sites is 1. The summed E-state index contributed by atoms with van der Waals surface area (Å²) in [4.78, 5) is 13.5. The molecule has 0 aliphatic carbocycles. The maximum absolute atomic E-state index is 13.9. The Balaban J connectivity index is 1.68. The van der Waals surface area contributed by atoms with E-state index in [0.717, 1.165) is 28.5 Å². The van der Waals surface area contributed by atoms with Gasteiger partial charge in [-0.15, -0.1) is 0 Å². The Labute approximate surface area is 234 Å². The van der Waals surface area contributed by atoms with Gasteiger partial charge in [-0.25, -0.2) is 8.42 Å². The molecular formula is C29H33ClN2O6S. The van der Waals surface area contributed by atoms with Gasteiger partial charge in [0.25, 0.3) is 10.0 Å². The summed E-state index contributed by atoms with van der Waals surface area (Å²) >= 11 is 6.07. The maximum atomic E-state index is 13.9. The molecular weight excluding hydrogens is 540 g/mol. The van der Waals surface area contributed by atoms with Gasteiger partial charge in [0.2, 0.25) is 5.91 Å². The largest absolute Gasteiger partial charge is 0.493 e. The number of benzene rings is 3. The van der Waals surface area contributed by atoms with Crippen LogP contribution in [0.3, 0.4) is 0 Å². The van der Waals surface area contributed by atoms with Gasteiger partial charge in [0.15, 0.2) is 11.5 Å². The number of carbonyl (C=O) groups is 1. The normalized spacial score (nSPS) is 16.0. The maximum Gasteiger partial charge on any atom is 0.264 e. The third kappa shape index (κ3) is 5.94. The Morgan fingerprint density at radius 1 is 1.03 bits per heavy atom. The third-order valence-electron chi connectivity index (χ3n) is 7.17. The fraction of sp³-hybridized carbons (Fsp3) is 0.345. The topological polar surface area (TPSA) is 94.2 Å². The second-order valence-electron chi connectivity index (χ2n) is 9.36. The summed E-state index contributed by atoms with van der Waals surface area (Å²) in [6, 6.07) is 17.9. The summed E-state index contributed by atoms with van der Waals surface area (Å²) in [5.41, 5.74) is 0.741. The third-order valence-corrected chi connectivity index (χ3v) is 9.19. The van der Waals surface area contributed by atoms with Crippen molar-refractivity contribution in [1.29, 1.82) is 0 Å². The molecule has 8 nitrogen and oxygen atoms in total. The van der Waals surface area contributed by atoms with Crippen LogP contribution in [0.2, 0.25) is 5.02 Å². The number of hydrogen-bond donors (Lipinski definition) is 1. The van der Waals surface area contributed by atoms with E-state index in [2.05, 4.69) is 19.2 Å². The summed E-state index contributed by atoms with van der Waals surface area (Å²) in [6.45, 7) is 3.69. The predicted molar refractivity (Wildman–Crippen MR) is 151 cm³/mol. The molecule has 0 saturated carbocycles. The first-order chi connectivity index (χ1) is 18.7. The molecule has 1 heterocycles. The molecule has 1 aliphatic rings. The highest BCUT2D eigenvalue weighted by Gasteiger charge is 2.39. The van der Waals surface area contributed by atoms with E-state index >= 15 is 0 Å². The van der Waals surface area contributed by atoms with E-state index in [9.17, 15) is 13.2 Å². The number of rotatable bonds is 10. The van der Waals surface area contributed by atoms with E-state index < -0.39 is 28.1 Å². The van der Waals surface area contributed by atoms with E-state index in [1.165, 1.54) is 32.4 Å². The number of fused-ring (bicyclic) bond motifs is 1. The first-order valence-corrected chi connectivity index (χ1v) is 14.6. The lowest BCUT2D eigenvalue weighted by Crippen LogP contribution is -2.47. The fourth-order valence-corrected chi connectivity index (χ4v) is 6.39. The van der Waals surface area contributed by atoms with Crippen LogP contribution < -0.4 is 23.8 Å². The zero-order valence-electron chi connectivity index (χ0n) is 22.4. The molecule has 0 bridgehead atoms. The molecule has 3 aromatic rings. The van der Waals surface area contributed by atoms with Crippen LogP contribution in [-0.2, 0) is 14.8 Å². The van der Waals surface area contributed by atoms with Gasteiger partial charge in [-0.1, -0.05) is 43.6 Å². The Morgan fingerprint density at radius 2 is 1.69 bits per heavy atom. The van der Waals surface area contributed by atoms with Crippen molar-refractivity contribution in [2.45, 2.75) is 49.6 Å².